The van der Waals surface area contributed by atoms with E-state index in [0.29, 0.717) is 12.3 Å². The molecule has 0 spiro atoms. The van der Waals surface area contributed by atoms with E-state index in [4.69, 9.17) is 10.8 Å². The molecule has 2 atom stereocenters. The molecule has 0 aromatic carbocycles. The first-order valence-corrected chi connectivity index (χ1v) is 4.17. The van der Waals surface area contributed by atoms with Crippen LogP contribution in [0.3, 0.4) is 0 Å². The lowest BCUT2D eigenvalue weighted by molar-refractivity contribution is -0.138. The molecule has 12 heavy (non-hydrogen) atoms. The Morgan fingerprint density at radius 1 is 1.83 bits per heavy atom. The fourth-order valence-corrected chi connectivity index (χ4v) is 1.36. The Morgan fingerprint density at radius 2 is 2.58 bits per heavy atom. The van der Waals surface area contributed by atoms with Crippen LogP contribution in [0.1, 0.15) is 19.3 Å². The van der Waals surface area contributed by atoms with Gasteiger partial charge in [0.25, 0.3) is 0 Å². The molecule has 1 aliphatic rings. The average Bonchev–Trinajstić information content (AvgIpc) is 2.06. The Hall–Kier alpha value is -0.900. The lowest BCUT2D eigenvalue weighted by Gasteiger charge is -2.18. The van der Waals surface area contributed by atoms with Crippen molar-refractivity contribution in [1.29, 1.82) is 0 Å². The van der Waals surface area contributed by atoms with Gasteiger partial charge < -0.3 is 10.8 Å². The monoisotopic (exact) mass is 170 g/mol. The third-order valence-corrected chi connectivity index (χ3v) is 2.14. The summed E-state index contributed by atoms with van der Waals surface area (Å²) < 4.78 is 0. The molecule has 0 aromatic rings. The number of carboxylic acid groups (broad SMARTS) is 1. The molecule has 1 heterocycles. The van der Waals surface area contributed by atoms with Crippen molar-refractivity contribution in [2.24, 2.45) is 16.6 Å². The quantitative estimate of drug-likeness (QED) is 0.638. The van der Waals surface area contributed by atoms with Crippen LogP contribution in [0.4, 0.5) is 0 Å². The number of nitrogens with zero attached hydrogens (tertiary/aromatic N) is 1. The van der Waals surface area contributed by atoms with E-state index in [-0.39, 0.29) is 0 Å². The molecule has 68 valence electrons. The summed E-state index contributed by atoms with van der Waals surface area (Å²) in [4.78, 5) is 14.5. The fourth-order valence-electron chi connectivity index (χ4n) is 1.36. The molecule has 0 bridgehead atoms. The molecule has 0 aromatic heterocycles. The Bertz CT molecular complexity index is 191. The normalized spacial score (nSPS) is 25.2. The van der Waals surface area contributed by atoms with E-state index in [2.05, 4.69) is 4.99 Å². The predicted molar refractivity (Wildman–Crippen MR) is 46.3 cm³/mol. The number of hydrogen-bond acceptors (Lipinski definition) is 3. The highest BCUT2D eigenvalue weighted by molar-refractivity contribution is 5.73. The van der Waals surface area contributed by atoms with Crippen molar-refractivity contribution < 1.29 is 9.90 Å². The zero-order valence-corrected chi connectivity index (χ0v) is 6.94. The fraction of sp³-hybridized carbons (Fsp3) is 0.750. The first kappa shape index (κ1) is 9.19. The maximum atomic E-state index is 10.4. The topological polar surface area (TPSA) is 75.7 Å². The third kappa shape index (κ3) is 2.62. The Balaban J connectivity index is 2.30. The van der Waals surface area contributed by atoms with Crippen LogP contribution in [0.15, 0.2) is 4.99 Å². The van der Waals surface area contributed by atoms with Crippen molar-refractivity contribution >= 4 is 12.2 Å². The number of carboxylic acids is 1. The second-order valence-corrected chi connectivity index (χ2v) is 3.16. The number of hydrogen-bond donors (Lipinski definition) is 2. The Kier molecular flexibility index (Phi) is 3.22. The number of aliphatic imine (C=N–C) groups is 1. The highest BCUT2D eigenvalue weighted by atomic mass is 16.4. The van der Waals surface area contributed by atoms with E-state index < -0.39 is 12.0 Å². The van der Waals surface area contributed by atoms with Crippen LogP contribution in [0.2, 0.25) is 0 Å². The second-order valence-electron chi connectivity index (χ2n) is 3.16. The lowest BCUT2D eigenvalue weighted by atomic mass is 9.93. The van der Waals surface area contributed by atoms with Crippen molar-refractivity contribution in [3.8, 4) is 0 Å². The van der Waals surface area contributed by atoms with Crippen LogP contribution in [0.5, 0.6) is 0 Å². The van der Waals surface area contributed by atoms with Gasteiger partial charge in [0.05, 0.1) is 0 Å². The van der Waals surface area contributed by atoms with Crippen LogP contribution >= 0.6 is 0 Å². The highest BCUT2D eigenvalue weighted by Crippen LogP contribution is 2.17. The summed E-state index contributed by atoms with van der Waals surface area (Å²) in [5, 5.41) is 8.55. The van der Waals surface area contributed by atoms with Gasteiger partial charge in [0.15, 0.2) is 0 Å². The van der Waals surface area contributed by atoms with Crippen LogP contribution in [0, 0.1) is 5.92 Å². The lowest BCUT2D eigenvalue weighted by Crippen LogP contribution is -2.33. The van der Waals surface area contributed by atoms with E-state index in [1.807, 2.05) is 6.21 Å². The maximum absolute atomic E-state index is 10.4. The summed E-state index contributed by atoms with van der Waals surface area (Å²) in [5.74, 6) is -0.494. The van der Waals surface area contributed by atoms with E-state index in [9.17, 15) is 4.79 Å². The smallest absolute Gasteiger partial charge is 0.320 e. The van der Waals surface area contributed by atoms with Gasteiger partial charge in [-0.05, 0) is 31.4 Å². The minimum absolute atomic E-state index is 0.411. The van der Waals surface area contributed by atoms with Crippen LogP contribution < -0.4 is 5.73 Å². The van der Waals surface area contributed by atoms with Gasteiger partial charge in [0.2, 0.25) is 0 Å². The first-order valence-electron chi connectivity index (χ1n) is 4.17. The van der Waals surface area contributed by atoms with Gasteiger partial charge in [-0.15, -0.1) is 0 Å². The van der Waals surface area contributed by atoms with Crippen molar-refractivity contribution in [3.63, 3.8) is 0 Å². The van der Waals surface area contributed by atoms with Gasteiger partial charge in [0.1, 0.15) is 6.04 Å². The number of nitrogens with two attached hydrogens (primary N) is 1. The maximum Gasteiger partial charge on any atom is 0.320 e. The molecule has 0 saturated carbocycles. The zero-order valence-electron chi connectivity index (χ0n) is 6.94. The van der Waals surface area contributed by atoms with Crippen LogP contribution in [-0.2, 0) is 4.79 Å². The minimum Gasteiger partial charge on any atom is -0.480 e. The molecule has 0 radical (unpaired) electrons. The number of carbonyl (C=O) groups is 1. The Labute approximate surface area is 71.5 Å². The first-order chi connectivity index (χ1) is 5.70. The summed E-state index contributed by atoms with van der Waals surface area (Å²) in [7, 11) is 0. The van der Waals surface area contributed by atoms with E-state index in [1.165, 1.54) is 0 Å². The van der Waals surface area contributed by atoms with E-state index in [1.54, 1.807) is 0 Å². The van der Waals surface area contributed by atoms with Gasteiger partial charge in [-0.2, -0.15) is 0 Å². The van der Waals surface area contributed by atoms with E-state index >= 15 is 0 Å². The molecule has 0 saturated heterocycles. The van der Waals surface area contributed by atoms with Gasteiger partial charge in [-0.25, -0.2) is 0 Å². The second kappa shape index (κ2) is 4.21. The summed E-state index contributed by atoms with van der Waals surface area (Å²) in [5.41, 5.74) is 5.40. The molecule has 4 nitrogen and oxygen atoms in total. The predicted octanol–water partition coefficient (Wildman–Crippen LogP) is 0.269. The van der Waals surface area contributed by atoms with Gasteiger partial charge in [-0.1, -0.05) is 0 Å². The highest BCUT2D eigenvalue weighted by Gasteiger charge is 2.18. The van der Waals surface area contributed by atoms with Crippen molar-refractivity contribution in [2.45, 2.75) is 25.3 Å². The van der Waals surface area contributed by atoms with Crippen LogP contribution in [0.25, 0.3) is 0 Å². The minimum atomic E-state index is -0.905. The standard InChI is InChI=1S/C8H14N2O2/c9-7(8(11)12)5-6-1-3-10-4-2-6/h3,6-7H,1-2,4-5,9H2,(H,11,12)/t6?,7-/m0/s1. The summed E-state index contributed by atoms with van der Waals surface area (Å²) in [6, 6.07) is -0.707. The van der Waals surface area contributed by atoms with Crippen molar-refractivity contribution in [3.05, 3.63) is 0 Å². The summed E-state index contributed by atoms with van der Waals surface area (Å²) >= 11 is 0. The Morgan fingerprint density at radius 3 is 3.08 bits per heavy atom. The number of aliphatic carboxylic acids is 1. The molecule has 0 amide bonds. The molecule has 1 unspecified atom stereocenters. The largest absolute Gasteiger partial charge is 0.480 e. The molecule has 3 N–H and O–H groups in total. The molecular weight excluding hydrogens is 156 g/mol. The summed E-state index contributed by atoms with van der Waals surface area (Å²) in [6.45, 7) is 0.816. The molecular formula is C8H14N2O2. The third-order valence-electron chi connectivity index (χ3n) is 2.14. The van der Waals surface area contributed by atoms with Gasteiger partial charge >= 0.3 is 5.97 Å². The SMILES string of the molecule is N[C@@H](CC1CC=NCC1)C(=O)O. The van der Waals surface area contributed by atoms with Gasteiger partial charge in [-0.3, -0.25) is 9.79 Å². The molecule has 0 fully saturated rings. The molecule has 1 aliphatic heterocycles. The van der Waals surface area contributed by atoms with Crippen molar-refractivity contribution in [1.82, 2.24) is 0 Å². The zero-order chi connectivity index (χ0) is 8.97. The average molecular weight is 170 g/mol. The molecule has 4 heteroatoms. The summed E-state index contributed by atoms with van der Waals surface area (Å²) in [6.07, 6.45) is 4.28. The van der Waals surface area contributed by atoms with Gasteiger partial charge in [0, 0.05) is 6.54 Å². The molecule has 0 aliphatic carbocycles. The van der Waals surface area contributed by atoms with E-state index in [0.717, 1.165) is 19.4 Å². The molecule has 1 rings (SSSR count). The van der Waals surface area contributed by atoms with Crippen LogP contribution in [-0.4, -0.2) is 29.9 Å². The van der Waals surface area contributed by atoms with Crippen molar-refractivity contribution in [2.75, 3.05) is 6.54 Å². The number of rotatable bonds is 3.